The number of H-pyrrole nitrogens is 1. The fourth-order valence-corrected chi connectivity index (χ4v) is 2.63. The highest BCUT2D eigenvalue weighted by molar-refractivity contribution is 7.81. The van der Waals surface area contributed by atoms with Gasteiger partial charge in [0, 0.05) is 26.2 Å². The molecule has 7 heteroatoms. The van der Waals surface area contributed by atoms with Crippen LogP contribution in [0.4, 0.5) is 0 Å². The Balaban J connectivity index is 2.69. The molecule has 2 aromatic rings. The van der Waals surface area contributed by atoms with Crippen LogP contribution in [0.15, 0.2) is 24.4 Å². The fourth-order valence-electron chi connectivity index (χ4n) is 2.26. The minimum atomic E-state index is -4.82. The van der Waals surface area contributed by atoms with Gasteiger partial charge in [-0.15, -0.1) is 0 Å². The number of fused-ring (bicyclic) bond motifs is 1. The van der Waals surface area contributed by atoms with Gasteiger partial charge in [-0.25, -0.2) is 0 Å². The van der Waals surface area contributed by atoms with Gasteiger partial charge in [-0.1, -0.05) is 13.0 Å². The van der Waals surface area contributed by atoms with Gasteiger partial charge >= 0.3 is 10.4 Å². The number of hydrogen-bond acceptors (Lipinski definition) is 3. The van der Waals surface area contributed by atoms with Crippen molar-refractivity contribution >= 4 is 21.3 Å². The second-order valence-corrected chi connectivity index (χ2v) is 6.56. The first-order chi connectivity index (χ1) is 11.7. The Morgan fingerprint density at radius 1 is 1.41 bits per heavy atom. The smallest absolute Gasteiger partial charge is 0.361 e. The van der Waals surface area contributed by atoms with Crippen molar-refractivity contribution in [1.29, 1.82) is 0 Å². The largest absolute Gasteiger partial charge is 0.446 e. The Kier molecular flexibility index (Phi) is 3.40. The fraction of sp³-hybridized carbons (Fsp3) is 0.467. The minimum Gasteiger partial charge on any atom is -0.361 e. The first-order valence-corrected chi connectivity index (χ1v) is 8.21. The van der Waals surface area contributed by atoms with Crippen molar-refractivity contribution in [2.24, 2.45) is 0 Å². The molecule has 0 atom stereocenters. The average molecular weight is 331 g/mol. The van der Waals surface area contributed by atoms with Gasteiger partial charge < -0.3 is 13.7 Å². The molecular formula is C15H23N2O4S+. The zero-order valence-corrected chi connectivity index (χ0v) is 13.6. The van der Waals surface area contributed by atoms with Crippen LogP contribution in [0, 0.1) is 0 Å². The van der Waals surface area contributed by atoms with Crippen molar-refractivity contribution in [1.82, 2.24) is 4.98 Å². The van der Waals surface area contributed by atoms with Crippen molar-refractivity contribution in [3.63, 3.8) is 0 Å². The normalized spacial score (nSPS) is 16.7. The Hall–Kier alpha value is -1.57. The number of rotatable bonds is 7. The summed E-state index contributed by atoms with van der Waals surface area (Å²) in [5, 5.41) is 0.0653. The van der Waals surface area contributed by atoms with E-state index in [4.69, 9.17) is 10.0 Å². The Morgan fingerprint density at radius 3 is 2.77 bits per heavy atom. The second kappa shape index (κ2) is 6.28. The highest BCUT2D eigenvalue weighted by atomic mass is 32.3. The molecule has 0 spiro atoms. The molecule has 122 valence electrons. The molecule has 2 rings (SSSR count). The summed E-state index contributed by atoms with van der Waals surface area (Å²) >= 11 is 0. The maximum atomic E-state index is 11.1. The van der Waals surface area contributed by atoms with E-state index in [0.717, 1.165) is 0 Å². The summed E-state index contributed by atoms with van der Waals surface area (Å²) in [6, 6.07) is 4.32. The lowest BCUT2D eigenvalue weighted by Crippen LogP contribution is -2.41. The molecule has 1 heterocycles. The summed E-state index contributed by atoms with van der Waals surface area (Å²) in [6.07, 6.45) is -0.526. The Bertz CT molecular complexity index is 910. The van der Waals surface area contributed by atoms with Gasteiger partial charge in [0.25, 0.3) is 0 Å². The van der Waals surface area contributed by atoms with E-state index in [-0.39, 0.29) is 21.2 Å². The topological polar surface area (TPSA) is 79.4 Å². The van der Waals surface area contributed by atoms with Gasteiger partial charge in [0.1, 0.15) is 0 Å². The van der Waals surface area contributed by atoms with E-state index in [2.05, 4.69) is 9.17 Å². The predicted molar refractivity (Wildman–Crippen MR) is 86.3 cm³/mol. The quantitative estimate of drug-likeness (QED) is 0.603. The van der Waals surface area contributed by atoms with Gasteiger partial charge in [-0.3, -0.25) is 4.55 Å². The van der Waals surface area contributed by atoms with Crippen molar-refractivity contribution in [3.05, 3.63) is 30.0 Å². The van der Waals surface area contributed by atoms with E-state index in [9.17, 15) is 8.42 Å². The number of aromatic nitrogens is 1. The van der Waals surface area contributed by atoms with Crippen LogP contribution >= 0.6 is 0 Å². The van der Waals surface area contributed by atoms with Crippen LogP contribution in [0.3, 0.4) is 0 Å². The molecule has 2 N–H and O–H groups in total. The first-order valence-electron chi connectivity index (χ1n) is 8.85. The summed E-state index contributed by atoms with van der Waals surface area (Å²) in [4.78, 5) is 2.81. The van der Waals surface area contributed by atoms with Crippen LogP contribution in [-0.4, -0.2) is 49.6 Å². The zero-order valence-electron chi connectivity index (χ0n) is 16.8. The SMILES string of the molecule is [2H]C([2H])(c1c[nH]c2cccc(OS(=O)(=O)O)c12)C([2H])([2H])[N+](C)(C)CCC. The van der Waals surface area contributed by atoms with Crippen LogP contribution in [0.1, 0.15) is 24.4 Å². The summed E-state index contributed by atoms with van der Waals surface area (Å²) < 4.78 is 69.6. The van der Waals surface area contributed by atoms with E-state index in [1.54, 1.807) is 20.2 Å². The molecule has 0 amide bonds. The number of aryl methyl sites for hydroxylation is 1. The van der Waals surface area contributed by atoms with Crippen LogP contribution < -0.4 is 4.18 Å². The predicted octanol–water partition coefficient (Wildman–Crippen LogP) is 2.38. The molecule has 0 saturated heterocycles. The third-order valence-electron chi connectivity index (χ3n) is 3.14. The lowest BCUT2D eigenvalue weighted by Gasteiger charge is -2.29. The van der Waals surface area contributed by atoms with Crippen LogP contribution in [-0.2, 0) is 16.8 Å². The highest BCUT2D eigenvalue weighted by Gasteiger charge is 2.18. The molecule has 0 aliphatic rings. The first kappa shape index (κ1) is 11.9. The van der Waals surface area contributed by atoms with Crippen molar-refractivity contribution in [2.45, 2.75) is 19.7 Å². The number of quaternary nitrogens is 1. The standard InChI is InChI=1S/C15H22N2O4S/c1-4-9-17(2,3)10-8-12-11-16-13-6-5-7-14(15(12)13)21-22(18,19)20/h5-7,11,16H,4,8-10H2,1-3H3/p+1/i8D2,10D2. The Labute approximate surface area is 136 Å². The highest BCUT2D eigenvalue weighted by Crippen LogP contribution is 2.30. The molecule has 0 aliphatic carbocycles. The molecule has 6 nitrogen and oxygen atoms in total. The van der Waals surface area contributed by atoms with Gasteiger partial charge in [-0.05, 0) is 24.1 Å². The van der Waals surface area contributed by atoms with Crippen molar-refractivity contribution in [3.8, 4) is 5.75 Å². The summed E-state index contributed by atoms with van der Waals surface area (Å²) in [7, 11) is -1.61. The third-order valence-corrected chi connectivity index (χ3v) is 3.53. The van der Waals surface area contributed by atoms with E-state index in [1.165, 1.54) is 18.3 Å². The maximum Gasteiger partial charge on any atom is 0.446 e. The molecular weight excluding hydrogens is 304 g/mol. The number of nitrogens with zero attached hydrogens (tertiary/aromatic N) is 1. The summed E-state index contributed by atoms with van der Waals surface area (Å²) in [5.74, 6) is -0.276. The maximum absolute atomic E-state index is 11.1. The number of hydrogen-bond donors (Lipinski definition) is 2. The zero-order chi connectivity index (χ0) is 20.0. The number of aromatic amines is 1. The van der Waals surface area contributed by atoms with E-state index in [1.807, 2.05) is 6.92 Å². The number of nitrogens with one attached hydrogen (secondary N) is 1. The lowest BCUT2D eigenvalue weighted by atomic mass is 10.1. The molecule has 0 saturated carbocycles. The lowest BCUT2D eigenvalue weighted by molar-refractivity contribution is -0.890. The number of benzene rings is 1. The molecule has 22 heavy (non-hydrogen) atoms. The van der Waals surface area contributed by atoms with E-state index < -0.39 is 23.3 Å². The van der Waals surface area contributed by atoms with Crippen molar-refractivity contribution < 1.29 is 27.1 Å². The molecule has 0 aliphatic heterocycles. The summed E-state index contributed by atoms with van der Waals surface area (Å²) in [5.41, 5.74) is 0.278. The monoisotopic (exact) mass is 331 g/mol. The molecule has 1 aromatic heterocycles. The molecule has 0 fully saturated rings. The number of likely N-dealkylation sites (N-methyl/N-ethyl adjacent to an activating group) is 1. The molecule has 0 bridgehead atoms. The Morgan fingerprint density at radius 2 is 2.14 bits per heavy atom. The second-order valence-electron chi connectivity index (χ2n) is 5.54. The van der Waals surface area contributed by atoms with Gasteiger partial charge in [0.2, 0.25) is 0 Å². The van der Waals surface area contributed by atoms with Gasteiger partial charge in [0.05, 0.1) is 29.9 Å². The average Bonchev–Trinajstić information content (AvgIpc) is 2.91. The minimum absolute atomic E-state index is 0.0653. The summed E-state index contributed by atoms with van der Waals surface area (Å²) in [6.45, 7) is -0.0397. The van der Waals surface area contributed by atoms with Crippen LogP contribution in [0.25, 0.3) is 10.9 Å². The third kappa shape index (κ3) is 4.22. The van der Waals surface area contributed by atoms with Gasteiger partial charge in [0.15, 0.2) is 5.75 Å². The molecule has 0 unspecified atom stereocenters. The molecule has 0 radical (unpaired) electrons. The van der Waals surface area contributed by atoms with Crippen LogP contribution in [0.2, 0.25) is 0 Å². The molecule has 1 aromatic carbocycles. The van der Waals surface area contributed by atoms with Gasteiger partial charge in [-0.2, -0.15) is 8.42 Å². The van der Waals surface area contributed by atoms with E-state index >= 15 is 0 Å². The van der Waals surface area contributed by atoms with Crippen LogP contribution in [0.5, 0.6) is 5.75 Å². The van der Waals surface area contributed by atoms with Crippen molar-refractivity contribution in [2.75, 3.05) is 27.1 Å². The van der Waals surface area contributed by atoms with E-state index in [0.29, 0.717) is 18.5 Å².